The van der Waals surface area contributed by atoms with E-state index in [9.17, 15) is 0 Å². The minimum absolute atomic E-state index is 0.146. The Balaban J connectivity index is 2.48. The summed E-state index contributed by atoms with van der Waals surface area (Å²) in [6, 6.07) is 7.93. The molecule has 2 aromatic rings. The van der Waals surface area contributed by atoms with Gasteiger partial charge in [-0.2, -0.15) is 0 Å². The average Bonchev–Trinajstić information content (AvgIpc) is 2.41. The Morgan fingerprint density at radius 2 is 2.00 bits per heavy atom. The van der Waals surface area contributed by atoms with E-state index < -0.39 is 0 Å². The number of rotatable bonds is 4. The third kappa shape index (κ3) is 3.07. The average molecular weight is 271 g/mol. The molecule has 0 aliphatic rings. The Kier molecular flexibility index (Phi) is 4.23. The number of anilines is 1. The predicted octanol–water partition coefficient (Wildman–Crippen LogP) is 3.38. The molecule has 0 spiro atoms. The monoisotopic (exact) mass is 271 g/mol. The van der Waals surface area contributed by atoms with Crippen molar-refractivity contribution >= 4 is 5.82 Å². The van der Waals surface area contributed by atoms with Gasteiger partial charge in [-0.15, -0.1) is 0 Å². The quantitative estimate of drug-likeness (QED) is 0.926. The minimum Gasteiger partial charge on any atom is -0.491 e. The van der Waals surface area contributed by atoms with Crippen LogP contribution < -0.4 is 10.5 Å². The second-order valence-corrected chi connectivity index (χ2v) is 5.05. The van der Waals surface area contributed by atoms with Crippen LogP contribution in [0.5, 0.6) is 5.75 Å². The van der Waals surface area contributed by atoms with Crippen molar-refractivity contribution in [2.75, 3.05) is 5.73 Å². The maximum absolute atomic E-state index is 5.97. The first-order valence-electron chi connectivity index (χ1n) is 6.91. The first-order valence-corrected chi connectivity index (χ1v) is 6.91. The number of nitrogens with two attached hydrogens (primary N) is 1. The standard InChI is InChI=1S/C16H21N3O/c1-5-14-18-15(11(4)16(17)19-14)12-7-6-8-13(9-12)20-10(2)3/h6-10H,5H2,1-4H3,(H2,17,18,19). The summed E-state index contributed by atoms with van der Waals surface area (Å²) in [5.41, 5.74) is 8.76. The van der Waals surface area contributed by atoms with E-state index in [-0.39, 0.29) is 6.10 Å². The first-order chi connectivity index (χ1) is 9.51. The highest BCUT2D eigenvalue weighted by atomic mass is 16.5. The highest BCUT2D eigenvalue weighted by Crippen LogP contribution is 2.27. The van der Waals surface area contributed by atoms with Gasteiger partial charge in [-0.1, -0.05) is 19.1 Å². The van der Waals surface area contributed by atoms with Gasteiger partial charge in [0.1, 0.15) is 17.4 Å². The van der Waals surface area contributed by atoms with E-state index in [0.29, 0.717) is 5.82 Å². The lowest BCUT2D eigenvalue weighted by atomic mass is 10.1. The Morgan fingerprint density at radius 1 is 1.25 bits per heavy atom. The third-order valence-corrected chi connectivity index (χ3v) is 3.03. The Hall–Kier alpha value is -2.10. The normalized spacial score (nSPS) is 10.8. The van der Waals surface area contributed by atoms with Crippen LogP contribution in [-0.4, -0.2) is 16.1 Å². The molecule has 0 amide bonds. The second-order valence-electron chi connectivity index (χ2n) is 5.05. The predicted molar refractivity (Wildman–Crippen MR) is 81.8 cm³/mol. The molecule has 0 aliphatic carbocycles. The third-order valence-electron chi connectivity index (χ3n) is 3.03. The molecule has 106 valence electrons. The van der Waals surface area contributed by atoms with Crippen LogP contribution in [0.1, 0.15) is 32.2 Å². The van der Waals surface area contributed by atoms with Gasteiger partial charge < -0.3 is 10.5 Å². The number of hydrogen-bond donors (Lipinski definition) is 1. The number of aryl methyl sites for hydroxylation is 1. The highest BCUT2D eigenvalue weighted by Gasteiger charge is 2.11. The highest BCUT2D eigenvalue weighted by molar-refractivity contribution is 5.68. The number of benzene rings is 1. The van der Waals surface area contributed by atoms with Crippen molar-refractivity contribution in [2.45, 2.75) is 40.2 Å². The van der Waals surface area contributed by atoms with E-state index >= 15 is 0 Å². The molecule has 4 nitrogen and oxygen atoms in total. The molecule has 0 atom stereocenters. The van der Waals surface area contributed by atoms with Crippen LogP contribution >= 0.6 is 0 Å². The summed E-state index contributed by atoms with van der Waals surface area (Å²) < 4.78 is 5.73. The molecule has 0 bridgehead atoms. The van der Waals surface area contributed by atoms with E-state index in [1.165, 1.54) is 0 Å². The van der Waals surface area contributed by atoms with Crippen LogP contribution in [0.3, 0.4) is 0 Å². The fourth-order valence-corrected chi connectivity index (χ4v) is 2.01. The molecule has 0 saturated heterocycles. The lowest BCUT2D eigenvalue weighted by molar-refractivity contribution is 0.242. The maximum atomic E-state index is 5.97. The van der Waals surface area contributed by atoms with Crippen molar-refractivity contribution in [1.82, 2.24) is 9.97 Å². The molecule has 2 rings (SSSR count). The van der Waals surface area contributed by atoms with Gasteiger partial charge in [0.2, 0.25) is 0 Å². The zero-order valence-electron chi connectivity index (χ0n) is 12.5. The van der Waals surface area contributed by atoms with Gasteiger partial charge in [-0.3, -0.25) is 0 Å². The summed E-state index contributed by atoms with van der Waals surface area (Å²) in [6.07, 6.45) is 0.910. The number of aromatic nitrogens is 2. The van der Waals surface area contributed by atoms with Gasteiger partial charge >= 0.3 is 0 Å². The van der Waals surface area contributed by atoms with Gasteiger partial charge in [0.25, 0.3) is 0 Å². The van der Waals surface area contributed by atoms with Gasteiger partial charge in [0.15, 0.2) is 0 Å². The van der Waals surface area contributed by atoms with Gasteiger partial charge in [0, 0.05) is 17.5 Å². The fourth-order valence-electron chi connectivity index (χ4n) is 2.01. The Morgan fingerprint density at radius 3 is 2.65 bits per heavy atom. The van der Waals surface area contributed by atoms with Gasteiger partial charge in [-0.25, -0.2) is 9.97 Å². The van der Waals surface area contributed by atoms with Crippen molar-refractivity contribution in [3.63, 3.8) is 0 Å². The van der Waals surface area contributed by atoms with E-state index in [2.05, 4.69) is 9.97 Å². The summed E-state index contributed by atoms with van der Waals surface area (Å²) in [7, 11) is 0. The lowest BCUT2D eigenvalue weighted by Gasteiger charge is -2.13. The molecule has 2 N–H and O–H groups in total. The number of ether oxygens (including phenoxy) is 1. The molecular formula is C16H21N3O. The molecule has 0 saturated carbocycles. The second kappa shape index (κ2) is 5.90. The van der Waals surface area contributed by atoms with E-state index in [4.69, 9.17) is 10.5 Å². The summed E-state index contributed by atoms with van der Waals surface area (Å²) in [5, 5.41) is 0. The number of hydrogen-bond acceptors (Lipinski definition) is 4. The summed E-state index contributed by atoms with van der Waals surface area (Å²) in [6.45, 7) is 7.98. The molecule has 1 aromatic heterocycles. The van der Waals surface area contributed by atoms with Crippen molar-refractivity contribution in [2.24, 2.45) is 0 Å². The lowest BCUT2D eigenvalue weighted by Crippen LogP contribution is -2.06. The van der Waals surface area contributed by atoms with Crippen molar-refractivity contribution in [1.29, 1.82) is 0 Å². The summed E-state index contributed by atoms with van der Waals surface area (Å²) in [4.78, 5) is 8.88. The zero-order valence-corrected chi connectivity index (χ0v) is 12.5. The summed E-state index contributed by atoms with van der Waals surface area (Å²) >= 11 is 0. The molecule has 4 heteroatoms. The molecule has 20 heavy (non-hydrogen) atoms. The van der Waals surface area contributed by atoms with Crippen LogP contribution in [-0.2, 0) is 6.42 Å². The van der Waals surface area contributed by atoms with Crippen molar-refractivity contribution < 1.29 is 4.74 Å². The van der Waals surface area contributed by atoms with Crippen molar-refractivity contribution in [3.05, 3.63) is 35.7 Å². The molecule has 0 radical (unpaired) electrons. The molecule has 1 aromatic carbocycles. The van der Waals surface area contributed by atoms with E-state index in [0.717, 1.165) is 34.8 Å². The number of nitrogens with zero attached hydrogens (tertiary/aromatic N) is 2. The Labute approximate surface area is 120 Å². The van der Waals surface area contributed by atoms with Crippen LogP contribution in [0.4, 0.5) is 5.82 Å². The zero-order chi connectivity index (χ0) is 14.7. The van der Waals surface area contributed by atoms with Crippen molar-refractivity contribution in [3.8, 4) is 17.0 Å². The van der Waals surface area contributed by atoms with Crippen LogP contribution in [0.2, 0.25) is 0 Å². The molecular weight excluding hydrogens is 250 g/mol. The Bertz CT molecular complexity index is 609. The number of nitrogen functional groups attached to an aromatic ring is 1. The fraction of sp³-hybridized carbons (Fsp3) is 0.375. The SMILES string of the molecule is CCc1nc(N)c(C)c(-c2cccc(OC(C)C)c2)n1. The molecule has 0 aliphatic heterocycles. The topological polar surface area (TPSA) is 61.0 Å². The van der Waals surface area contributed by atoms with Crippen LogP contribution in [0.15, 0.2) is 24.3 Å². The van der Waals surface area contributed by atoms with Gasteiger partial charge in [-0.05, 0) is 32.9 Å². The molecule has 1 heterocycles. The van der Waals surface area contributed by atoms with E-state index in [1.807, 2.05) is 52.0 Å². The van der Waals surface area contributed by atoms with Gasteiger partial charge in [0.05, 0.1) is 11.8 Å². The van der Waals surface area contributed by atoms with Crippen LogP contribution in [0.25, 0.3) is 11.3 Å². The summed E-state index contributed by atoms with van der Waals surface area (Å²) in [5.74, 6) is 2.15. The molecule has 0 fully saturated rings. The minimum atomic E-state index is 0.146. The smallest absolute Gasteiger partial charge is 0.131 e. The largest absolute Gasteiger partial charge is 0.491 e. The van der Waals surface area contributed by atoms with E-state index in [1.54, 1.807) is 0 Å². The maximum Gasteiger partial charge on any atom is 0.131 e. The van der Waals surface area contributed by atoms with Crippen LogP contribution in [0, 0.1) is 6.92 Å². The first kappa shape index (κ1) is 14.3. The molecule has 0 unspecified atom stereocenters.